The predicted octanol–water partition coefficient (Wildman–Crippen LogP) is 2.71. The van der Waals surface area contributed by atoms with Gasteiger partial charge in [-0.15, -0.1) is 0 Å². The van der Waals surface area contributed by atoms with Crippen LogP contribution in [0.1, 0.15) is 12.0 Å². The first-order valence-corrected chi connectivity index (χ1v) is 5.49. The Morgan fingerprint density at radius 1 is 1.05 bits per heavy atom. The molecule has 0 N–H and O–H groups in total. The Balaban J connectivity index is 2.40. The highest BCUT2D eigenvalue weighted by atomic mass is 19.2. The van der Waals surface area contributed by atoms with Crippen molar-refractivity contribution in [3.05, 3.63) is 47.8 Å². The lowest BCUT2D eigenvalue weighted by Gasteiger charge is -2.13. The Bertz CT molecular complexity index is 574. The van der Waals surface area contributed by atoms with Crippen molar-refractivity contribution in [3.63, 3.8) is 0 Å². The number of aromatic nitrogens is 2. The van der Waals surface area contributed by atoms with Gasteiger partial charge >= 0.3 is 0 Å². The largest absolute Gasteiger partial charge is 0.350 e. The number of nitrogens with zero attached hydrogens (tertiary/aromatic N) is 2. The van der Waals surface area contributed by atoms with Crippen LogP contribution in [0.3, 0.4) is 0 Å². The van der Waals surface area contributed by atoms with Gasteiger partial charge in [0.2, 0.25) is 6.29 Å². The van der Waals surface area contributed by atoms with Crippen molar-refractivity contribution in [1.29, 1.82) is 0 Å². The molecular weight excluding hydrogens is 254 g/mol. The molecule has 1 heterocycles. The molecule has 0 aliphatic rings. The minimum atomic E-state index is -0.943. The summed E-state index contributed by atoms with van der Waals surface area (Å²) in [7, 11) is 2.96. The molecule has 0 spiro atoms. The van der Waals surface area contributed by atoms with Crippen molar-refractivity contribution in [1.82, 2.24) is 9.97 Å². The van der Waals surface area contributed by atoms with Gasteiger partial charge in [0.25, 0.3) is 0 Å². The summed E-state index contributed by atoms with van der Waals surface area (Å²) < 4.78 is 36.2. The Morgan fingerprint density at radius 3 is 2.42 bits per heavy atom. The topological polar surface area (TPSA) is 44.2 Å². The molecule has 0 saturated heterocycles. The highest BCUT2D eigenvalue weighted by Crippen LogP contribution is 2.21. The van der Waals surface area contributed by atoms with Crippen LogP contribution >= 0.6 is 0 Å². The van der Waals surface area contributed by atoms with Crippen molar-refractivity contribution >= 4 is 0 Å². The van der Waals surface area contributed by atoms with Gasteiger partial charge in [-0.2, -0.15) is 0 Å². The molecule has 6 heteroatoms. The fourth-order valence-corrected chi connectivity index (χ4v) is 1.62. The average Bonchev–Trinajstić information content (AvgIpc) is 2.44. The van der Waals surface area contributed by atoms with Gasteiger partial charge in [-0.05, 0) is 24.3 Å². The molecule has 4 nitrogen and oxygen atoms in total. The van der Waals surface area contributed by atoms with Gasteiger partial charge in [0.05, 0.1) is 0 Å². The summed E-state index contributed by atoms with van der Waals surface area (Å²) in [6.45, 7) is 0. The fourth-order valence-electron chi connectivity index (χ4n) is 1.62. The number of hydrogen-bond donors (Lipinski definition) is 0. The Hall–Kier alpha value is -1.92. The van der Waals surface area contributed by atoms with Gasteiger partial charge < -0.3 is 9.47 Å². The van der Waals surface area contributed by atoms with E-state index in [0.717, 1.165) is 12.1 Å². The van der Waals surface area contributed by atoms with Gasteiger partial charge in [0, 0.05) is 26.0 Å². The third kappa shape index (κ3) is 2.91. The quantitative estimate of drug-likeness (QED) is 0.798. The molecule has 1 aromatic carbocycles. The molecule has 19 heavy (non-hydrogen) atoms. The highest BCUT2D eigenvalue weighted by Gasteiger charge is 2.13. The van der Waals surface area contributed by atoms with E-state index in [0.29, 0.717) is 11.3 Å². The molecule has 1 aromatic heterocycles. The molecule has 100 valence electrons. The molecular formula is C13H12F2N2O2. The molecule has 0 fully saturated rings. The van der Waals surface area contributed by atoms with E-state index in [2.05, 4.69) is 9.97 Å². The van der Waals surface area contributed by atoms with E-state index in [9.17, 15) is 8.78 Å². The minimum Gasteiger partial charge on any atom is -0.350 e. The van der Waals surface area contributed by atoms with E-state index >= 15 is 0 Å². The number of ether oxygens (including phenoxy) is 2. The summed E-state index contributed by atoms with van der Waals surface area (Å²) >= 11 is 0. The number of hydrogen-bond acceptors (Lipinski definition) is 4. The maximum Gasteiger partial charge on any atom is 0.200 e. The molecule has 0 saturated carbocycles. The number of benzene rings is 1. The standard InChI is InChI=1S/C13H12F2N2O2/c1-18-13(19-2)11-5-6-16-12(17-11)8-3-4-9(14)10(15)7-8/h3-7,13H,1-2H3. The summed E-state index contributed by atoms with van der Waals surface area (Å²) in [6.07, 6.45) is 0.872. The first-order chi connectivity index (χ1) is 9.15. The number of methoxy groups -OCH3 is 2. The van der Waals surface area contributed by atoms with Crippen LogP contribution in [0.25, 0.3) is 11.4 Å². The molecule has 0 atom stereocenters. The lowest BCUT2D eigenvalue weighted by Crippen LogP contribution is -2.07. The fraction of sp³-hybridized carbons (Fsp3) is 0.231. The third-order valence-corrected chi connectivity index (χ3v) is 2.52. The Labute approximate surface area is 109 Å². The van der Waals surface area contributed by atoms with Crippen LogP contribution in [0.4, 0.5) is 8.78 Å². The molecule has 2 aromatic rings. The van der Waals surface area contributed by atoms with Crippen LogP contribution in [0.15, 0.2) is 30.5 Å². The van der Waals surface area contributed by atoms with E-state index in [-0.39, 0.29) is 5.82 Å². The van der Waals surface area contributed by atoms with Crippen LogP contribution in [0.2, 0.25) is 0 Å². The van der Waals surface area contributed by atoms with Gasteiger partial charge in [-0.3, -0.25) is 0 Å². The second kappa shape index (κ2) is 5.81. The Kier molecular flexibility index (Phi) is 4.13. The van der Waals surface area contributed by atoms with Crippen LogP contribution in [0.5, 0.6) is 0 Å². The SMILES string of the molecule is COC(OC)c1ccnc(-c2ccc(F)c(F)c2)n1. The highest BCUT2D eigenvalue weighted by molar-refractivity contribution is 5.54. The van der Waals surface area contributed by atoms with Crippen LogP contribution < -0.4 is 0 Å². The summed E-state index contributed by atoms with van der Waals surface area (Å²) in [5.74, 6) is -1.58. The third-order valence-electron chi connectivity index (χ3n) is 2.52. The van der Waals surface area contributed by atoms with Crippen molar-refractivity contribution < 1.29 is 18.3 Å². The number of halogens is 2. The zero-order valence-corrected chi connectivity index (χ0v) is 10.4. The molecule has 0 aliphatic heterocycles. The molecule has 0 unspecified atom stereocenters. The van der Waals surface area contributed by atoms with Crippen LogP contribution in [0, 0.1) is 11.6 Å². The molecule has 0 aliphatic carbocycles. The monoisotopic (exact) mass is 266 g/mol. The zero-order valence-electron chi connectivity index (χ0n) is 10.4. The smallest absolute Gasteiger partial charge is 0.200 e. The Morgan fingerprint density at radius 2 is 1.79 bits per heavy atom. The molecule has 2 rings (SSSR count). The van der Waals surface area contributed by atoms with Gasteiger partial charge in [0.1, 0.15) is 5.69 Å². The summed E-state index contributed by atoms with van der Waals surface area (Å²) in [5, 5.41) is 0. The van der Waals surface area contributed by atoms with E-state index in [1.165, 1.54) is 26.5 Å². The summed E-state index contributed by atoms with van der Waals surface area (Å²) in [4.78, 5) is 8.23. The lowest BCUT2D eigenvalue weighted by molar-refractivity contribution is -0.108. The molecule has 0 radical (unpaired) electrons. The van der Waals surface area contributed by atoms with Crippen LogP contribution in [-0.2, 0) is 9.47 Å². The first kappa shape index (κ1) is 13.5. The number of rotatable bonds is 4. The van der Waals surface area contributed by atoms with Crippen molar-refractivity contribution in [2.75, 3.05) is 14.2 Å². The van der Waals surface area contributed by atoms with Gasteiger partial charge in [0.15, 0.2) is 17.5 Å². The maximum absolute atomic E-state index is 13.2. The van der Waals surface area contributed by atoms with Crippen molar-refractivity contribution in [2.45, 2.75) is 6.29 Å². The predicted molar refractivity (Wildman–Crippen MR) is 64.1 cm³/mol. The maximum atomic E-state index is 13.2. The average molecular weight is 266 g/mol. The molecule has 0 bridgehead atoms. The van der Waals surface area contributed by atoms with Crippen LogP contribution in [-0.4, -0.2) is 24.2 Å². The molecule has 0 amide bonds. The minimum absolute atomic E-state index is 0.274. The van der Waals surface area contributed by atoms with Crippen molar-refractivity contribution in [3.8, 4) is 11.4 Å². The second-order valence-corrected chi connectivity index (χ2v) is 3.74. The van der Waals surface area contributed by atoms with E-state index in [4.69, 9.17) is 9.47 Å². The van der Waals surface area contributed by atoms with Crippen molar-refractivity contribution in [2.24, 2.45) is 0 Å². The second-order valence-electron chi connectivity index (χ2n) is 3.74. The van der Waals surface area contributed by atoms with Gasteiger partial charge in [-0.25, -0.2) is 18.7 Å². The zero-order chi connectivity index (χ0) is 13.8. The van der Waals surface area contributed by atoms with E-state index in [1.807, 2.05) is 0 Å². The van der Waals surface area contributed by atoms with E-state index in [1.54, 1.807) is 6.07 Å². The first-order valence-electron chi connectivity index (χ1n) is 5.49. The summed E-state index contributed by atoms with van der Waals surface area (Å²) in [5.41, 5.74) is 0.881. The van der Waals surface area contributed by atoms with Gasteiger partial charge in [-0.1, -0.05) is 0 Å². The normalized spacial score (nSPS) is 11.0. The van der Waals surface area contributed by atoms with E-state index < -0.39 is 17.9 Å². The lowest BCUT2D eigenvalue weighted by atomic mass is 10.2. The summed E-state index contributed by atoms with van der Waals surface area (Å²) in [6, 6.07) is 5.11.